The number of carbonyl (C=O) groups is 1. The van der Waals surface area contributed by atoms with Crippen LogP contribution in [0.4, 0.5) is 0 Å². The highest BCUT2D eigenvalue weighted by atomic mass is 16.5. The van der Waals surface area contributed by atoms with Crippen molar-refractivity contribution in [3.8, 4) is 22.6 Å². The Bertz CT molecular complexity index is 605. The maximum atomic E-state index is 11.0. The summed E-state index contributed by atoms with van der Waals surface area (Å²) in [6, 6.07) is 11.9. The summed E-state index contributed by atoms with van der Waals surface area (Å²) in [7, 11) is 0. The van der Waals surface area contributed by atoms with Crippen molar-refractivity contribution in [3.63, 3.8) is 0 Å². The smallest absolute Gasteiger partial charge is 0.339 e. The van der Waals surface area contributed by atoms with Gasteiger partial charge in [-0.05, 0) is 42.3 Å². The van der Waals surface area contributed by atoms with Crippen molar-refractivity contribution in [1.29, 1.82) is 0 Å². The summed E-state index contributed by atoms with van der Waals surface area (Å²) in [6.07, 6.45) is 0. The van der Waals surface area contributed by atoms with Gasteiger partial charge in [0.25, 0.3) is 0 Å². The van der Waals surface area contributed by atoms with Crippen LogP contribution in [0.3, 0.4) is 0 Å². The summed E-state index contributed by atoms with van der Waals surface area (Å²) in [5, 5.41) is 18.5. The fourth-order valence-electron chi connectivity index (χ4n) is 1.82. The second-order valence-corrected chi connectivity index (χ2v) is 4.00. The molecule has 0 saturated carbocycles. The van der Waals surface area contributed by atoms with E-state index < -0.39 is 5.97 Å². The average molecular weight is 258 g/mol. The number of hydrogen-bond acceptors (Lipinski definition) is 3. The third-order valence-corrected chi connectivity index (χ3v) is 2.71. The molecule has 98 valence electrons. The molecule has 0 aliphatic rings. The van der Waals surface area contributed by atoms with Gasteiger partial charge in [0.15, 0.2) is 0 Å². The normalized spacial score (nSPS) is 10.2. The van der Waals surface area contributed by atoms with Crippen LogP contribution in [0, 0.1) is 0 Å². The number of aromatic hydroxyl groups is 1. The van der Waals surface area contributed by atoms with E-state index in [9.17, 15) is 9.90 Å². The van der Waals surface area contributed by atoms with Gasteiger partial charge in [-0.3, -0.25) is 0 Å². The molecule has 0 fully saturated rings. The zero-order valence-electron chi connectivity index (χ0n) is 10.5. The van der Waals surface area contributed by atoms with E-state index in [1.807, 2.05) is 31.2 Å². The van der Waals surface area contributed by atoms with Crippen molar-refractivity contribution in [1.82, 2.24) is 0 Å². The van der Waals surface area contributed by atoms with Gasteiger partial charge in [-0.2, -0.15) is 0 Å². The molecule has 0 radical (unpaired) electrons. The Balaban J connectivity index is 2.44. The number of rotatable bonds is 4. The van der Waals surface area contributed by atoms with Crippen molar-refractivity contribution in [2.75, 3.05) is 6.61 Å². The van der Waals surface area contributed by atoms with Crippen LogP contribution in [0.2, 0.25) is 0 Å². The first-order valence-corrected chi connectivity index (χ1v) is 5.91. The number of carboxylic acid groups (broad SMARTS) is 1. The average Bonchev–Trinajstić information content (AvgIpc) is 2.39. The van der Waals surface area contributed by atoms with Crippen molar-refractivity contribution in [3.05, 3.63) is 48.0 Å². The zero-order valence-corrected chi connectivity index (χ0v) is 10.5. The molecule has 0 amide bonds. The fourth-order valence-corrected chi connectivity index (χ4v) is 1.82. The molecule has 0 spiro atoms. The maximum absolute atomic E-state index is 11.0. The van der Waals surface area contributed by atoms with Crippen LogP contribution >= 0.6 is 0 Å². The predicted octanol–water partition coefficient (Wildman–Crippen LogP) is 3.16. The second-order valence-electron chi connectivity index (χ2n) is 4.00. The van der Waals surface area contributed by atoms with E-state index in [1.165, 1.54) is 12.1 Å². The van der Waals surface area contributed by atoms with Crippen LogP contribution in [-0.2, 0) is 0 Å². The number of hydrogen-bond donors (Lipinski definition) is 2. The van der Waals surface area contributed by atoms with E-state index in [-0.39, 0.29) is 11.3 Å². The van der Waals surface area contributed by atoms with Crippen molar-refractivity contribution >= 4 is 5.97 Å². The van der Waals surface area contributed by atoms with Crippen LogP contribution < -0.4 is 4.74 Å². The molecular formula is C15H14O4. The van der Waals surface area contributed by atoms with E-state index in [1.54, 1.807) is 6.07 Å². The van der Waals surface area contributed by atoms with Gasteiger partial charge in [0, 0.05) is 0 Å². The summed E-state index contributed by atoms with van der Waals surface area (Å²) in [6.45, 7) is 2.47. The molecule has 0 atom stereocenters. The molecule has 0 unspecified atom stereocenters. The SMILES string of the molecule is CCOc1cccc(-c2ccc(O)c(C(=O)O)c2)c1. The van der Waals surface area contributed by atoms with Crippen molar-refractivity contribution < 1.29 is 19.7 Å². The molecule has 19 heavy (non-hydrogen) atoms. The third kappa shape index (κ3) is 2.85. The van der Waals surface area contributed by atoms with Crippen molar-refractivity contribution in [2.45, 2.75) is 6.92 Å². The van der Waals surface area contributed by atoms with Gasteiger partial charge in [0.1, 0.15) is 17.1 Å². The lowest BCUT2D eigenvalue weighted by molar-refractivity contribution is 0.0694. The Hall–Kier alpha value is -2.49. The van der Waals surface area contributed by atoms with E-state index in [0.717, 1.165) is 16.9 Å². The molecule has 2 rings (SSSR count). The van der Waals surface area contributed by atoms with Gasteiger partial charge in [0.2, 0.25) is 0 Å². The number of carboxylic acids is 1. The molecule has 4 heteroatoms. The summed E-state index contributed by atoms with van der Waals surface area (Å²) in [4.78, 5) is 11.0. The van der Waals surface area contributed by atoms with Crippen LogP contribution in [0.15, 0.2) is 42.5 Å². The summed E-state index contributed by atoms with van der Waals surface area (Å²) >= 11 is 0. The van der Waals surface area contributed by atoms with Crippen LogP contribution in [0.25, 0.3) is 11.1 Å². The monoisotopic (exact) mass is 258 g/mol. The topological polar surface area (TPSA) is 66.8 Å². The Morgan fingerprint density at radius 1 is 1.16 bits per heavy atom. The third-order valence-electron chi connectivity index (χ3n) is 2.71. The van der Waals surface area contributed by atoms with Crippen molar-refractivity contribution in [2.24, 2.45) is 0 Å². The molecule has 0 aliphatic carbocycles. The predicted molar refractivity (Wildman–Crippen MR) is 71.7 cm³/mol. The van der Waals surface area contributed by atoms with E-state index >= 15 is 0 Å². The van der Waals surface area contributed by atoms with Gasteiger partial charge in [-0.1, -0.05) is 18.2 Å². The molecule has 0 bridgehead atoms. The van der Waals surface area contributed by atoms with Crippen LogP contribution in [-0.4, -0.2) is 22.8 Å². The van der Waals surface area contributed by atoms with Crippen LogP contribution in [0.5, 0.6) is 11.5 Å². The first-order valence-electron chi connectivity index (χ1n) is 5.91. The minimum Gasteiger partial charge on any atom is -0.507 e. The van der Waals surface area contributed by atoms with Gasteiger partial charge >= 0.3 is 5.97 Å². The Kier molecular flexibility index (Phi) is 3.71. The lowest BCUT2D eigenvalue weighted by atomic mass is 10.0. The molecule has 0 aromatic heterocycles. The van der Waals surface area contributed by atoms with E-state index in [2.05, 4.69) is 0 Å². The molecule has 2 aromatic carbocycles. The highest BCUT2D eigenvalue weighted by Gasteiger charge is 2.11. The molecule has 4 nitrogen and oxygen atoms in total. The Labute approximate surface area is 110 Å². The van der Waals surface area contributed by atoms with E-state index in [0.29, 0.717) is 6.61 Å². The van der Waals surface area contributed by atoms with Gasteiger partial charge in [-0.15, -0.1) is 0 Å². The zero-order chi connectivity index (χ0) is 13.8. The van der Waals surface area contributed by atoms with Gasteiger partial charge < -0.3 is 14.9 Å². The molecule has 0 aliphatic heterocycles. The quantitative estimate of drug-likeness (QED) is 0.884. The standard InChI is InChI=1S/C15H14O4/c1-2-19-12-5-3-4-10(8-12)11-6-7-14(16)13(9-11)15(17)18/h3-9,16H,2H2,1H3,(H,17,18). The lowest BCUT2D eigenvalue weighted by Gasteiger charge is -2.08. The highest BCUT2D eigenvalue weighted by molar-refractivity contribution is 5.92. The number of phenols is 1. The highest BCUT2D eigenvalue weighted by Crippen LogP contribution is 2.28. The number of ether oxygens (including phenoxy) is 1. The minimum atomic E-state index is -1.15. The van der Waals surface area contributed by atoms with Gasteiger partial charge in [-0.25, -0.2) is 4.79 Å². The van der Waals surface area contributed by atoms with Gasteiger partial charge in [0.05, 0.1) is 6.61 Å². The lowest BCUT2D eigenvalue weighted by Crippen LogP contribution is -1.97. The van der Waals surface area contributed by atoms with Crippen LogP contribution in [0.1, 0.15) is 17.3 Å². The maximum Gasteiger partial charge on any atom is 0.339 e. The first kappa shape index (κ1) is 13.0. The molecule has 0 heterocycles. The minimum absolute atomic E-state index is 0.112. The largest absolute Gasteiger partial charge is 0.507 e. The van der Waals surface area contributed by atoms with E-state index in [4.69, 9.17) is 9.84 Å². The molecule has 2 aromatic rings. The summed E-state index contributed by atoms with van der Waals surface area (Å²) in [5.74, 6) is -0.664. The first-order chi connectivity index (χ1) is 9.11. The summed E-state index contributed by atoms with van der Waals surface area (Å²) in [5.41, 5.74) is 1.45. The Morgan fingerprint density at radius 2 is 1.89 bits per heavy atom. The molecule has 0 saturated heterocycles. The fraction of sp³-hybridized carbons (Fsp3) is 0.133. The molecule has 2 N–H and O–H groups in total. The Morgan fingerprint density at radius 3 is 2.58 bits per heavy atom. The molecular weight excluding hydrogens is 244 g/mol. The number of aromatic carboxylic acids is 1. The number of benzene rings is 2. The second kappa shape index (κ2) is 5.44. The summed E-state index contributed by atoms with van der Waals surface area (Å²) < 4.78 is 5.40.